The van der Waals surface area contributed by atoms with Crippen LogP contribution in [0.15, 0.2) is 12.1 Å². The van der Waals surface area contributed by atoms with Gasteiger partial charge in [-0.15, -0.1) is 0 Å². The Bertz CT molecular complexity index is 396. The summed E-state index contributed by atoms with van der Waals surface area (Å²) in [6.45, 7) is 1.77. The van der Waals surface area contributed by atoms with Gasteiger partial charge in [0.25, 0.3) is 0 Å². The molecule has 0 bridgehead atoms. The van der Waals surface area contributed by atoms with Crippen LogP contribution in [0.1, 0.15) is 21.5 Å². The molecule has 0 amide bonds. The number of benzene rings is 1. The maximum Gasteiger partial charge on any atom is 0.307 e. The number of aryl methyl sites for hydroxylation is 1. The van der Waals surface area contributed by atoms with Gasteiger partial charge in [-0.25, -0.2) is 0 Å². The van der Waals surface area contributed by atoms with Gasteiger partial charge < -0.3 is 9.84 Å². The third kappa shape index (κ3) is 2.56. The van der Waals surface area contributed by atoms with Gasteiger partial charge in [0.05, 0.1) is 13.5 Å². The molecule has 1 aromatic carbocycles. The number of carbonyl (C=O) groups excluding carboxylic acids is 1. The molecule has 0 aliphatic heterocycles. The van der Waals surface area contributed by atoms with E-state index in [0.717, 1.165) is 5.56 Å². The molecule has 0 atom stereocenters. The van der Waals surface area contributed by atoms with E-state index in [-0.39, 0.29) is 6.42 Å². The first-order valence-corrected chi connectivity index (χ1v) is 4.43. The lowest BCUT2D eigenvalue weighted by atomic mass is 10.0. The molecule has 1 aromatic rings. The van der Waals surface area contributed by atoms with E-state index in [2.05, 4.69) is 0 Å². The van der Waals surface area contributed by atoms with Crippen LogP contribution in [0.2, 0.25) is 0 Å². The van der Waals surface area contributed by atoms with E-state index < -0.39 is 5.97 Å². The van der Waals surface area contributed by atoms with Crippen LogP contribution in [0.4, 0.5) is 0 Å². The van der Waals surface area contributed by atoms with Crippen molar-refractivity contribution in [3.8, 4) is 5.75 Å². The lowest BCUT2D eigenvalue weighted by Gasteiger charge is -2.09. The average Bonchev–Trinajstić information content (AvgIpc) is 2.19. The largest absolute Gasteiger partial charge is 0.496 e. The minimum atomic E-state index is -0.950. The summed E-state index contributed by atoms with van der Waals surface area (Å²) in [5, 5.41) is 8.68. The number of carboxylic acid groups (broad SMARTS) is 1. The van der Waals surface area contributed by atoms with Gasteiger partial charge >= 0.3 is 5.97 Å². The Hall–Kier alpha value is -1.84. The number of aldehydes is 1. The summed E-state index contributed by atoms with van der Waals surface area (Å²) >= 11 is 0. The third-order valence-corrected chi connectivity index (χ3v) is 2.14. The minimum Gasteiger partial charge on any atom is -0.496 e. The Labute approximate surface area is 87.5 Å². The lowest BCUT2D eigenvalue weighted by Crippen LogP contribution is -2.04. The predicted molar refractivity (Wildman–Crippen MR) is 54.5 cm³/mol. The highest BCUT2D eigenvalue weighted by Crippen LogP contribution is 2.23. The molecule has 0 aromatic heterocycles. The smallest absolute Gasteiger partial charge is 0.307 e. The lowest BCUT2D eigenvalue weighted by molar-refractivity contribution is -0.136. The zero-order valence-corrected chi connectivity index (χ0v) is 8.61. The highest BCUT2D eigenvalue weighted by atomic mass is 16.5. The van der Waals surface area contributed by atoms with Crippen molar-refractivity contribution in [3.63, 3.8) is 0 Å². The van der Waals surface area contributed by atoms with Gasteiger partial charge in [0.2, 0.25) is 0 Å². The van der Waals surface area contributed by atoms with Crippen molar-refractivity contribution in [1.29, 1.82) is 0 Å². The van der Waals surface area contributed by atoms with Crippen LogP contribution in [0.5, 0.6) is 5.75 Å². The first-order valence-electron chi connectivity index (χ1n) is 4.43. The fourth-order valence-corrected chi connectivity index (χ4v) is 1.36. The molecule has 1 rings (SSSR count). The summed E-state index contributed by atoms with van der Waals surface area (Å²) in [7, 11) is 1.47. The Morgan fingerprint density at radius 1 is 1.53 bits per heavy atom. The number of carboxylic acids is 1. The second-order valence-electron chi connectivity index (χ2n) is 3.21. The van der Waals surface area contributed by atoms with Gasteiger partial charge in [0.15, 0.2) is 0 Å². The van der Waals surface area contributed by atoms with E-state index in [1.165, 1.54) is 7.11 Å². The third-order valence-electron chi connectivity index (χ3n) is 2.14. The van der Waals surface area contributed by atoms with Gasteiger partial charge in [0.1, 0.15) is 12.0 Å². The highest BCUT2D eigenvalue weighted by molar-refractivity contribution is 5.80. The number of rotatable bonds is 4. The van der Waals surface area contributed by atoms with E-state index in [1.807, 2.05) is 0 Å². The van der Waals surface area contributed by atoms with Crippen molar-refractivity contribution in [2.45, 2.75) is 13.3 Å². The summed E-state index contributed by atoms with van der Waals surface area (Å²) in [4.78, 5) is 21.3. The van der Waals surface area contributed by atoms with Gasteiger partial charge in [-0.1, -0.05) is 0 Å². The number of hydrogen-bond donors (Lipinski definition) is 1. The summed E-state index contributed by atoms with van der Waals surface area (Å²) in [6.07, 6.45) is 0.560. The summed E-state index contributed by atoms with van der Waals surface area (Å²) in [5.41, 5.74) is 1.78. The molecule has 0 heterocycles. The molecule has 15 heavy (non-hydrogen) atoms. The van der Waals surface area contributed by atoms with E-state index in [9.17, 15) is 9.59 Å². The number of carbonyl (C=O) groups is 2. The maximum atomic E-state index is 10.7. The molecule has 1 N–H and O–H groups in total. The summed E-state index contributed by atoms with van der Waals surface area (Å²) < 4.78 is 5.05. The van der Waals surface area contributed by atoms with Crippen molar-refractivity contribution >= 4 is 12.3 Å². The Balaban J connectivity index is 3.21. The summed E-state index contributed by atoms with van der Waals surface area (Å²) in [6, 6.07) is 3.22. The standard InChI is InChI=1S/C11H12O4/c1-7-3-10(15-2)8(5-11(13)14)4-9(7)6-12/h3-4,6H,5H2,1-2H3,(H,13,14). The minimum absolute atomic E-state index is 0.149. The topological polar surface area (TPSA) is 63.6 Å². The van der Waals surface area contributed by atoms with Crippen LogP contribution < -0.4 is 4.74 Å². The maximum absolute atomic E-state index is 10.7. The molecule has 0 aliphatic carbocycles. The Morgan fingerprint density at radius 2 is 2.20 bits per heavy atom. The number of ether oxygens (including phenoxy) is 1. The SMILES string of the molecule is COc1cc(C)c(C=O)cc1CC(=O)O. The highest BCUT2D eigenvalue weighted by Gasteiger charge is 2.10. The van der Waals surface area contributed by atoms with Crippen LogP contribution >= 0.6 is 0 Å². The van der Waals surface area contributed by atoms with Gasteiger partial charge in [-0.3, -0.25) is 9.59 Å². The van der Waals surface area contributed by atoms with E-state index in [4.69, 9.17) is 9.84 Å². The zero-order valence-electron chi connectivity index (χ0n) is 8.61. The molecular formula is C11H12O4. The zero-order chi connectivity index (χ0) is 11.4. The molecular weight excluding hydrogens is 196 g/mol. The summed E-state index contributed by atoms with van der Waals surface area (Å²) in [5.74, 6) is -0.450. The molecule has 0 radical (unpaired) electrons. The molecule has 80 valence electrons. The van der Waals surface area contributed by atoms with E-state index >= 15 is 0 Å². The second kappa shape index (κ2) is 4.59. The quantitative estimate of drug-likeness (QED) is 0.760. The van der Waals surface area contributed by atoms with Crippen molar-refractivity contribution < 1.29 is 19.4 Å². The number of aliphatic carboxylic acids is 1. The molecule has 4 heteroatoms. The van der Waals surface area contributed by atoms with Crippen LogP contribution in [-0.2, 0) is 11.2 Å². The number of hydrogen-bond acceptors (Lipinski definition) is 3. The van der Waals surface area contributed by atoms with Gasteiger partial charge in [-0.05, 0) is 24.6 Å². The van der Waals surface area contributed by atoms with Gasteiger partial charge in [-0.2, -0.15) is 0 Å². The molecule has 0 unspecified atom stereocenters. The molecule has 0 saturated carbocycles. The molecule has 0 spiro atoms. The van der Waals surface area contributed by atoms with Crippen molar-refractivity contribution in [3.05, 3.63) is 28.8 Å². The fourth-order valence-electron chi connectivity index (χ4n) is 1.36. The molecule has 4 nitrogen and oxygen atoms in total. The van der Waals surface area contributed by atoms with Crippen molar-refractivity contribution in [2.24, 2.45) is 0 Å². The molecule has 0 saturated heterocycles. The normalized spacial score (nSPS) is 9.73. The van der Waals surface area contributed by atoms with Gasteiger partial charge in [0, 0.05) is 11.1 Å². The van der Waals surface area contributed by atoms with Crippen LogP contribution in [-0.4, -0.2) is 24.5 Å². The predicted octanol–water partition coefficient (Wildman–Crippen LogP) is 1.44. The Morgan fingerprint density at radius 3 is 2.67 bits per heavy atom. The van der Waals surface area contributed by atoms with Crippen molar-refractivity contribution in [2.75, 3.05) is 7.11 Å². The molecule has 0 aliphatic rings. The monoisotopic (exact) mass is 208 g/mol. The average molecular weight is 208 g/mol. The first kappa shape index (κ1) is 11.2. The van der Waals surface area contributed by atoms with Crippen LogP contribution in [0.25, 0.3) is 0 Å². The van der Waals surface area contributed by atoms with Crippen LogP contribution in [0, 0.1) is 6.92 Å². The Kier molecular flexibility index (Phi) is 3.44. The number of methoxy groups -OCH3 is 1. The van der Waals surface area contributed by atoms with Crippen molar-refractivity contribution in [1.82, 2.24) is 0 Å². The second-order valence-corrected chi connectivity index (χ2v) is 3.21. The van der Waals surface area contributed by atoms with E-state index in [1.54, 1.807) is 19.1 Å². The first-order chi connectivity index (χ1) is 7.08. The fraction of sp³-hybridized carbons (Fsp3) is 0.273. The molecule has 0 fully saturated rings. The van der Waals surface area contributed by atoms with Crippen LogP contribution in [0.3, 0.4) is 0 Å². The van der Waals surface area contributed by atoms with E-state index in [0.29, 0.717) is 23.2 Å².